The van der Waals surface area contributed by atoms with Crippen LogP contribution in [0.4, 0.5) is 4.79 Å². The van der Waals surface area contributed by atoms with Crippen LogP contribution in [0, 0.1) is 0 Å². The van der Waals surface area contributed by atoms with Crippen LogP contribution in [0.5, 0.6) is 0 Å². The van der Waals surface area contributed by atoms with Crippen LogP contribution in [0.25, 0.3) is 0 Å². The van der Waals surface area contributed by atoms with Gasteiger partial charge >= 0.3 is 18.0 Å². The van der Waals surface area contributed by atoms with E-state index in [1.807, 2.05) is 0 Å². The van der Waals surface area contributed by atoms with Crippen molar-refractivity contribution in [3.05, 3.63) is 35.9 Å². The number of amides is 1. The Kier molecular flexibility index (Phi) is 4.31. The van der Waals surface area contributed by atoms with Crippen LogP contribution >= 0.6 is 0 Å². The maximum absolute atomic E-state index is 11.8. The molecule has 1 aliphatic heterocycles. The molecule has 0 spiro atoms. The number of benzene rings is 1. The summed E-state index contributed by atoms with van der Waals surface area (Å²) in [4.78, 5) is 35.6. The lowest BCUT2D eigenvalue weighted by molar-refractivity contribution is -0.140. The van der Waals surface area contributed by atoms with Crippen LogP contribution < -0.4 is 5.32 Å². The highest BCUT2D eigenvalue weighted by molar-refractivity contribution is 5.96. The monoisotopic (exact) mass is 278 g/mol. The quantitative estimate of drug-likeness (QED) is 0.597. The SMILES string of the molecule is O=C(OC(=O)N1CCNC(C(=O)O)C1)c1ccccc1. The molecule has 0 bridgehead atoms. The van der Waals surface area contributed by atoms with E-state index in [4.69, 9.17) is 9.84 Å². The van der Waals surface area contributed by atoms with Crippen molar-refractivity contribution >= 4 is 18.0 Å². The summed E-state index contributed by atoms with van der Waals surface area (Å²) in [6, 6.07) is 7.29. The van der Waals surface area contributed by atoms with Crippen molar-refractivity contribution in [3.8, 4) is 0 Å². The summed E-state index contributed by atoms with van der Waals surface area (Å²) in [5.41, 5.74) is 0.269. The third-order valence-corrected chi connectivity index (χ3v) is 2.92. The molecule has 1 amide bonds. The van der Waals surface area contributed by atoms with Crippen LogP contribution in [0.1, 0.15) is 10.4 Å². The zero-order valence-corrected chi connectivity index (χ0v) is 10.6. The van der Waals surface area contributed by atoms with Gasteiger partial charge in [-0.25, -0.2) is 9.59 Å². The summed E-state index contributed by atoms with van der Waals surface area (Å²) in [6.07, 6.45) is -0.827. The summed E-state index contributed by atoms with van der Waals surface area (Å²) in [5.74, 6) is -1.79. The molecule has 2 rings (SSSR count). The molecule has 0 radical (unpaired) electrons. The number of carboxylic acids is 1. The van der Waals surface area contributed by atoms with E-state index in [0.717, 1.165) is 0 Å². The third-order valence-electron chi connectivity index (χ3n) is 2.92. The van der Waals surface area contributed by atoms with Gasteiger partial charge in [-0.15, -0.1) is 0 Å². The zero-order chi connectivity index (χ0) is 14.5. The number of hydrogen-bond acceptors (Lipinski definition) is 5. The van der Waals surface area contributed by atoms with E-state index in [1.165, 1.54) is 17.0 Å². The molecular formula is C13H14N2O5. The van der Waals surface area contributed by atoms with Crippen molar-refractivity contribution in [1.29, 1.82) is 0 Å². The van der Waals surface area contributed by atoms with Crippen LogP contribution in [0.2, 0.25) is 0 Å². The van der Waals surface area contributed by atoms with Gasteiger partial charge in [0, 0.05) is 13.1 Å². The Labute approximate surface area is 115 Å². The number of nitrogens with zero attached hydrogens (tertiary/aromatic N) is 1. The second kappa shape index (κ2) is 6.16. The number of carbonyl (C=O) groups is 3. The fourth-order valence-corrected chi connectivity index (χ4v) is 1.86. The molecule has 1 unspecified atom stereocenters. The number of nitrogens with one attached hydrogen (secondary N) is 1. The van der Waals surface area contributed by atoms with Crippen LogP contribution in [-0.2, 0) is 9.53 Å². The number of piperazine rings is 1. The Morgan fingerprint density at radius 2 is 1.95 bits per heavy atom. The average Bonchev–Trinajstić information content (AvgIpc) is 2.48. The molecule has 1 fully saturated rings. The van der Waals surface area contributed by atoms with E-state index in [2.05, 4.69) is 5.32 Å². The normalized spacial score (nSPS) is 18.4. The topological polar surface area (TPSA) is 95.9 Å². The number of aliphatic carboxylic acids is 1. The minimum absolute atomic E-state index is 0.0315. The number of carbonyl (C=O) groups excluding carboxylic acids is 2. The second-order valence-corrected chi connectivity index (χ2v) is 4.31. The number of rotatable bonds is 2. The van der Waals surface area contributed by atoms with E-state index in [1.54, 1.807) is 18.2 Å². The van der Waals surface area contributed by atoms with Gasteiger partial charge in [0.1, 0.15) is 6.04 Å². The van der Waals surface area contributed by atoms with Crippen molar-refractivity contribution in [1.82, 2.24) is 10.2 Å². The Hall–Kier alpha value is -2.41. The first kappa shape index (κ1) is 14.0. The summed E-state index contributed by atoms with van der Waals surface area (Å²) >= 11 is 0. The van der Waals surface area contributed by atoms with Gasteiger partial charge in [0.25, 0.3) is 0 Å². The zero-order valence-electron chi connectivity index (χ0n) is 10.6. The van der Waals surface area contributed by atoms with Gasteiger partial charge in [0.15, 0.2) is 0 Å². The molecule has 20 heavy (non-hydrogen) atoms. The van der Waals surface area contributed by atoms with Gasteiger partial charge in [0.2, 0.25) is 0 Å². The van der Waals surface area contributed by atoms with Crippen molar-refractivity contribution in [2.75, 3.05) is 19.6 Å². The predicted octanol–water partition coefficient (Wildman–Crippen LogP) is 0.322. The fraction of sp³-hybridized carbons (Fsp3) is 0.308. The maximum atomic E-state index is 11.8. The standard InChI is InChI=1S/C13H14N2O5/c16-11(17)10-8-15(7-6-14-10)13(19)20-12(18)9-4-2-1-3-5-9/h1-5,10,14H,6-8H2,(H,16,17). The number of hydrogen-bond donors (Lipinski definition) is 2. The highest BCUT2D eigenvalue weighted by Crippen LogP contribution is 2.06. The summed E-state index contributed by atoms with van der Waals surface area (Å²) < 4.78 is 4.73. The summed E-state index contributed by atoms with van der Waals surface area (Å²) in [7, 11) is 0. The largest absolute Gasteiger partial charge is 0.480 e. The number of esters is 1. The van der Waals surface area contributed by atoms with Gasteiger partial charge in [0.05, 0.1) is 12.1 Å². The van der Waals surface area contributed by atoms with E-state index < -0.39 is 24.1 Å². The average molecular weight is 278 g/mol. The van der Waals surface area contributed by atoms with Gasteiger partial charge in [-0.2, -0.15) is 0 Å². The van der Waals surface area contributed by atoms with E-state index in [-0.39, 0.29) is 12.1 Å². The second-order valence-electron chi connectivity index (χ2n) is 4.31. The van der Waals surface area contributed by atoms with Crippen molar-refractivity contribution < 1.29 is 24.2 Å². The molecule has 106 valence electrons. The molecule has 7 heteroatoms. The smallest absolute Gasteiger partial charge is 0.417 e. The first-order valence-electron chi connectivity index (χ1n) is 6.10. The molecule has 2 N–H and O–H groups in total. The molecular weight excluding hydrogens is 264 g/mol. The fourth-order valence-electron chi connectivity index (χ4n) is 1.86. The van der Waals surface area contributed by atoms with E-state index in [9.17, 15) is 14.4 Å². The summed E-state index contributed by atoms with van der Waals surface area (Å²) in [6.45, 7) is 0.604. The Balaban J connectivity index is 1.95. The predicted molar refractivity (Wildman–Crippen MR) is 68.3 cm³/mol. The minimum atomic E-state index is -1.04. The number of ether oxygens (including phenoxy) is 1. The molecule has 1 aromatic carbocycles. The highest BCUT2D eigenvalue weighted by atomic mass is 16.6. The van der Waals surface area contributed by atoms with Gasteiger partial charge < -0.3 is 20.1 Å². The minimum Gasteiger partial charge on any atom is -0.480 e. The lowest BCUT2D eigenvalue weighted by Gasteiger charge is -2.30. The molecule has 0 aromatic heterocycles. The van der Waals surface area contributed by atoms with Gasteiger partial charge in [-0.3, -0.25) is 4.79 Å². The molecule has 1 saturated heterocycles. The highest BCUT2D eigenvalue weighted by Gasteiger charge is 2.29. The summed E-state index contributed by atoms with van der Waals surface area (Å²) in [5, 5.41) is 11.6. The molecule has 0 aliphatic carbocycles. The van der Waals surface area contributed by atoms with E-state index in [0.29, 0.717) is 13.1 Å². The lowest BCUT2D eigenvalue weighted by atomic mass is 10.2. The molecule has 1 atom stereocenters. The Morgan fingerprint density at radius 1 is 1.25 bits per heavy atom. The van der Waals surface area contributed by atoms with Crippen LogP contribution in [0.15, 0.2) is 30.3 Å². The molecule has 0 saturated carbocycles. The first-order chi connectivity index (χ1) is 9.58. The van der Waals surface area contributed by atoms with Crippen molar-refractivity contribution in [2.45, 2.75) is 6.04 Å². The van der Waals surface area contributed by atoms with Crippen LogP contribution in [0.3, 0.4) is 0 Å². The molecule has 1 aromatic rings. The Bertz CT molecular complexity index is 517. The molecule has 1 aliphatic rings. The van der Waals surface area contributed by atoms with Gasteiger partial charge in [-0.05, 0) is 12.1 Å². The first-order valence-corrected chi connectivity index (χ1v) is 6.10. The van der Waals surface area contributed by atoms with Crippen molar-refractivity contribution in [3.63, 3.8) is 0 Å². The van der Waals surface area contributed by atoms with Crippen LogP contribution in [-0.4, -0.2) is 53.7 Å². The maximum Gasteiger partial charge on any atom is 0.417 e. The molecule has 1 heterocycles. The number of carboxylic acid groups (broad SMARTS) is 1. The van der Waals surface area contributed by atoms with Crippen molar-refractivity contribution in [2.24, 2.45) is 0 Å². The third kappa shape index (κ3) is 3.33. The van der Waals surface area contributed by atoms with E-state index >= 15 is 0 Å². The molecule has 7 nitrogen and oxygen atoms in total. The van der Waals surface area contributed by atoms with Gasteiger partial charge in [-0.1, -0.05) is 18.2 Å². The Morgan fingerprint density at radius 3 is 2.60 bits per heavy atom. The lowest BCUT2D eigenvalue weighted by Crippen LogP contribution is -2.56.